The van der Waals surface area contributed by atoms with Crippen molar-refractivity contribution in [3.05, 3.63) is 24.0 Å². The number of hydrogen-bond acceptors (Lipinski definition) is 5. The SMILES string of the molecule is NNc1ccncc1C(=O)N1CCCCCC1CO. The molecule has 1 fully saturated rings. The molecule has 104 valence electrons. The zero-order chi connectivity index (χ0) is 13.7. The number of nitrogens with two attached hydrogens (primary N) is 1. The first kappa shape index (κ1) is 13.8. The van der Waals surface area contributed by atoms with E-state index in [1.54, 1.807) is 17.2 Å². The molecule has 1 aliphatic heterocycles. The van der Waals surface area contributed by atoms with Crippen LogP contribution in [0.3, 0.4) is 0 Å². The number of carbonyl (C=O) groups is 1. The van der Waals surface area contributed by atoms with E-state index in [1.807, 2.05) is 0 Å². The predicted octanol–water partition coefficient (Wildman–Crippen LogP) is 0.744. The molecule has 0 saturated carbocycles. The van der Waals surface area contributed by atoms with Crippen LogP contribution in [0, 0.1) is 0 Å². The van der Waals surface area contributed by atoms with E-state index in [-0.39, 0.29) is 18.6 Å². The molecule has 6 heteroatoms. The van der Waals surface area contributed by atoms with Crippen LogP contribution >= 0.6 is 0 Å². The van der Waals surface area contributed by atoms with Crippen LogP contribution in [0.4, 0.5) is 5.69 Å². The van der Waals surface area contributed by atoms with Crippen LogP contribution < -0.4 is 11.3 Å². The summed E-state index contributed by atoms with van der Waals surface area (Å²) < 4.78 is 0. The number of aromatic nitrogens is 1. The van der Waals surface area contributed by atoms with Gasteiger partial charge in [-0.05, 0) is 18.9 Å². The average molecular weight is 264 g/mol. The van der Waals surface area contributed by atoms with Crippen LogP contribution in [0.15, 0.2) is 18.5 Å². The second-order valence-corrected chi connectivity index (χ2v) is 4.75. The lowest BCUT2D eigenvalue weighted by Crippen LogP contribution is -2.42. The van der Waals surface area contributed by atoms with Crippen LogP contribution in [0.25, 0.3) is 0 Å². The van der Waals surface area contributed by atoms with Gasteiger partial charge in [-0.1, -0.05) is 12.8 Å². The molecule has 0 spiro atoms. The number of hydrogen-bond donors (Lipinski definition) is 3. The number of hydrazine groups is 1. The molecular weight excluding hydrogens is 244 g/mol. The number of pyridine rings is 1. The Kier molecular flexibility index (Phi) is 4.70. The summed E-state index contributed by atoms with van der Waals surface area (Å²) in [6.07, 6.45) is 7.04. The maximum absolute atomic E-state index is 12.6. The van der Waals surface area contributed by atoms with Crippen molar-refractivity contribution in [2.75, 3.05) is 18.6 Å². The minimum Gasteiger partial charge on any atom is -0.394 e. The third-order valence-electron chi connectivity index (χ3n) is 3.56. The Morgan fingerprint density at radius 2 is 2.37 bits per heavy atom. The van der Waals surface area contributed by atoms with Crippen LogP contribution in [0.5, 0.6) is 0 Å². The van der Waals surface area contributed by atoms with Gasteiger partial charge in [-0.15, -0.1) is 0 Å². The molecule has 6 nitrogen and oxygen atoms in total. The van der Waals surface area contributed by atoms with Gasteiger partial charge >= 0.3 is 0 Å². The molecule has 1 aliphatic rings. The van der Waals surface area contributed by atoms with E-state index < -0.39 is 0 Å². The topological polar surface area (TPSA) is 91.5 Å². The smallest absolute Gasteiger partial charge is 0.257 e. The molecule has 1 aromatic heterocycles. The standard InChI is InChI=1S/C13H20N4O2/c14-16-12-5-6-15-8-11(12)13(19)17-7-3-1-2-4-10(17)9-18/h5-6,8,10,18H,1-4,7,9,14H2,(H,15,16). The molecule has 19 heavy (non-hydrogen) atoms. The molecule has 2 heterocycles. The number of amides is 1. The number of likely N-dealkylation sites (tertiary alicyclic amines) is 1. The second-order valence-electron chi connectivity index (χ2n) is 4.75. The lowest BCUT2D eigenvalue weighted by Gasteiger charge is -2.29. The summed E-state index contributed by atoms with van der Waals surface area (Å²) in [5.74, 6) is 5.29. The Bertz CT molecular complexity index is 438. The van der Waals surface area contributed by atoms with Crippen molar-refractivity contribution in [2.45, 2.75) is 31.7 Å². The van der Waals surface area contributed by atoms with Crippen molar-refractivity contribution in [1.29, 1.82) is 0 Å². The Morgan fingerprint density at radius 1 is 1.53 bits per heavy atom. The molecule has 1 atom stereocenters. The number of aliphatic hydroxyl groups excluding tert-OH is 1. The van der Waals surface area contributed by atoms with E-state index in [2.05, 4.69) is 10.4 Å². The van der Waals surface area contributed by atoms with E-state index in [1.165, 1.54) is 6.20 Å². The Balaban J connectivity index is 2.25. The normalized spacial score (nSPS) is 19.9. The molecule has 0 bridgehead atoms. The highest BCUT2D eigenvalue weighted by molar-refractivity contribution is 5.99. The summed E-state index contributed by atoms with van der Waals surface area (Å²) in [6, 6.07) is 1.56. The monoisotopic (exact) mass is 264 g/mol. The van der Waals surface area contributed by atoms with E-state index in [9.17, 15) is 9.90 Å². The van der Waals surface area contributed by atoms with E-state index in [4.69, 9.17) is 5.84 Å². The third kappa shape index (κ3) is 3.02. The van der Waals surface area contributed by atoms with Crippen LogP contribution in [-0.4, -0.2) is 40.1 Å². The van der Waals surface area contributed by atoms with Gasteiger partial charge in [0, 0.05) is 18.9 Å². The summed E-state index contributed by atoms with van der Waals surface area (Å²) in [5.41, 5.74) is 3.52. The average Bonchev–Trinajstić information content (AvgIpc) is 2.71. The maximum Gasteiger partial charge on any atom is 0.257 e. The van der Waals surface area contributed by atoms with Crippen molar-refractivity contribution in [3.8, 4) is 0 Å². The van der Waals surface area contributed by atoms with Crippen LogP contribution in [0.1, 0.15) is 36.0 Å². The van der Waals surface area contributed by atoms with Crippen LogP contribution in [0.2, 0.25) is 0 Å². The van der Waals surface area contributed by atoms with Gasteiger partial charge in [0.1, 0.15) is 0 Å². The summed E-state index contributed by atoms with van der Waals surface area (Å²) in [6.45, 7) is 0.667. The molecule has 2 rings (SSSR count). The van der Waals surface area contributed by atoms with E-state index in [0.717, 1.165) is 25.7 Å². The minimum atomic E-state index is -0.123. The summed E-state index contributed by atoms with van der Waals surface area (Å²) in [4.78, 5) is 18.3. The highest BCUT2D eigenvalue weighted by Crippen LogP contribution is 2.21. The highest BCUT2D eigenvalue weighted by Gasteiger charge is 2.27. The van der Waals surface area contributed by atoms with Gasteiger partial charge in [-0.25, -0.2) is 0 Å². The number of anilines is 1. The van der Waals surface area contributed by atoms with Crippen molar-refractivity contribution < 1.29 is 9.90 Å². The minimum absolute atomic E-state index is 0.00259. The van der Waals surface area contributed by atoms with Crippen molar-refractivity contribution in [1.82, 2.24) is 9.88 Å². The number of carbonyl (C=O) groups excluding carboxylic acids is 1. The molecule has 1 saturated heterocycles. The number of aliphatic hydroxyl groups is 1. The third-order valence-corrected chi connectivity index (χ3v) is 3.56. The zero-order valence-electron chi connectivity index (χ0n) is 10.9. The molecular formula is C13H20N4O2. The summed E-state index contributed by atoms with van der Waals surface area (Å²) >= 11 is 0. The molecule has 4 N–H and O–H groups in total. The fourth-order valence-electron chi connectivity index (χ4n) is 2.48. The van der Waals surface area contributed by atoms with Gasteiger partial charge in [0.15, 0.2) is 0 Å². The first-order valence-corrected chi connectivity index (χ1v) is 6.60. The number of nitrogen functional groups attached to an aromatic ring is 1. The fourth-order valence-corrected chi connectivity index (χ4v) is 2.48. The zero-order valence-corrected chi connectivity index (χ0v) is 10.9. The van der Waals surface area contributed by atoms with E-state index >= 15 is 0 Å². The number of nitrogens with zero attached hydrogens (tertiary/aromatic N) is 2. The first-order chi connectivity index (χ1) is 9.27. The molecule has 0 aromatic carbocycles. The van der Waals surface area contributed by atoms with Crippen molar-refractivity contribution >= 4 is 11.6 Å². The first-order valence-electron chi connectivity index (χ1n) is 6.60. The van der Waals surface area contributed by atoms with Crippen LogP contribution in [-0.2, 0) is 0 Å². The largest absolute Gasteiger partial charge is 0.394 e. The van der Waals surface area contributed by atoms with Gasteiger partial charge in [-0.2, -0.15) is 0 Å². The Hall–Kier alpha value is -1.66. The number of nitrogens with one attached hydrogen (secondary N) is 1. The number of rotatable bonds is 3. The molecule has 1 unspecified atom stereocenters. The molecule has 0 aliphatic carbocycles. The maximum atomic E-state index is 12.6. The van der Waals surface area contributed by atoms with Gasteiger partial charge in [-0.3, -0.25) is 15.6 Å². The highest BCUT2D eigenvalue weighted by atomic mass is 16.3. The molecule has 1 aromatic rings. The van der Waals surface area contributed by atoms with Crippen molar-refractivity contribution in [3.63, 3.8) is 0 Å². The van der Waals surface area contributed by atoms with Gasteiger partial charge in [0.25, 0.3) is 5.91 Å². The molecule has 1 amide bonds. The Labute approximate surface area is 112 Å². The van der Waals surface area contributed by atoms with Gasteiger partial charge in [0.2, 0.25) is 0 Å². The second kappa shape index (κ2) is 6.49. The fraction of sp³-hybridized carbons (Fsp3) is 0.538. The van der Waals surface area contributed by atoms with Gasteiger partial charge < -0.3 is 15.4 Å². The lowest BCUT2D eigenvalue weighted by molar-refractivity contribution is 0.0600. The van der Waals surface area contributed by atoms with Gasteiger partial charge in [0.05, 0.1) is 23.9 Å². The lowest BCUT2D eigenvalue weighted by atomic mass is 10.1. The quantitative estimate of drug-likeness (QED) is 0.553. The summed E-state index contributed by atoms with van der Waals surface area (Å²) in [5, 5.41) is 9.46. The summed E-state index contributed by atoms with van der Waals surface area (Å²) in [7, 11) is 0. The Morgan fingerprint density at radius 3 is 3.11 bits per heavy atom. The predicted molar refractivity (Wildman–Crippen MR) is 72.4 cm³/mol. The van der Waals surface area contributed by atoms with Crippen molar-refractivity contribution in [2.24, 2.45) is 5.84 Å². The van der Waals surface area contributed by atoms with E-state index in [0.29, 0.717) is 17.8 Å². The molecule has 0 radical (unpaired) electrons.